The molecule has 1 heterocycles. The molecule has 0 unspecified atom stereocenters. The second-order valence-corrected chi connectivity index (χ2v) is 4.96. The van der Waals surface area contributed by atoms with Crippen LogP contribution in [-0.4, -0.2) is 15.7 Å². The third kappa shape index (κ3) is 2.70. The number of benzene rings is 1. The van der Waals surface area contributed by atoms with Crippen LogP contribution in [0.25, 0.3) is 11.0 Å². The number of rotatable bonds is 5. The second-order valence-electron chi connectivity index (χ2n) is 3.87. The van der Waals surface area contributed by atoms with Crippen LogP contribution in [0.2, 0.25) is 0 Å². The highest BCUT2D eigenvalue weighted by molar-refractivity contribution is 7.99. The van der Waals surface area contributed by atoms with Crippen molar-refractivity contribution >= 4 is 28.5 Å². The Morgan fingerprint density at radius 2 is 2.25 bits per heavy atom. The monoisotopic (exact) mass is 235 g/mol. The maximum atomic E-state index is 5.72. The van der Waals surface area contributed by atoms with Gasteiger partial charge in [-0.2, -0.15) is 0 Å². The van der Waals surface area contributed by atoms with E-state index < -0.39 is 0 Å². The Kier molecular flexibility index (Phi) is 3.72. The zero-order valence-electron chi connectivity index (χ0n) is 9.49. The van der Waals surface area contributed by atoms with Crippen molar-refractivity contribution in [1.82, 2.24) is 9.97 Å². The van der Waals surface area contributed by atoms with Gasteiger partial charge in [0.15, 0.2) is 5.16 Å². The van der Waals surface area contributed by atoms with Crippen molar-refractivity contribution in [2.24, 2.45) is 0 Å². The van der Waals surface area contributed by atoms with Gasteiger partial charge >= 0.3 is 0 Å². The molecule has 16 heavy (non-hydrogen) atoms. The number of nitrogen functional groups attached to an aromatic ring is 1. The molecule has 0 atom stereocenters. The summed E-state index contributed by atoms with van der Waals surface area (Å²) in [6, 6.07) is 5.77. The highest BCUT2D eigenvalue weighted by Crippen LogP contribution is 2.21. The van der Waals surface area contributed by atoms with Crippen molar-refractivity contribution in [3.05, 3.63) is 18.2 Å². The lowest BCUT2D eigenvalue weighted by molar-refractivity contribution is 0.777. The van der Waals surface area contributed by atoms with Crippen LogP contribution in [0.4, 0.5) is 5.69 Å². The lowest BCUT2D eigenvalue weighted by atomic mass is 10.3. The van der Waals surface area contributed by atoms with Crippen LogP contribution in [0.5, 0.6) is 0 Å². The van der Waals surface area contributed by atoms with Gasteiger partial charge in [0, 0.05) is 11.4 Å². The third-order valence-corrected chi connectivity index (χ3v) is 3.43. The molecular formula is C12H17N3S. The molecule has 0 saturated heterocycles. The van der Waals surface area contributed by atoms with E-state index in [4.69, 9.17) is 5.73 Å². The average molecular weight is 235 g/mol. The number of anilines is 1. The van der Waals surface area contributed by atoms with E-state index in [1.54, 1.807) is 11.8 Å². The normalized spacial score (nSPS) is 11.1. The zero-order valence-corrected chi connectivity index (χ0v) is 10.3. The fourth-order valence-electron chi connectivity index (χ4n) is 1.59. The van der Waals surface area contributed by atoms with Crippen molar-refractivity contribution in [1.29, 1.82) is 0 Å². The number of hydrogen-bond acceptors (Lipinski definition) is 3. The lowest BCUT2D eigenvalue weighted by Crippen LogP contribution is -1.82. The van der Waals surface area contributed by atoms with E-state index in [0.29, 0.717) is 0 Å². The Morgan fingerprint density at radius 1 is 1.38 bits per heavy atom. The number of nitrogens with zero attached hydrogens (tertiary/aromatic N) is 1. The molecule has 0 fully saturated rings. The van der Waals surface area contributed by atoms with E-state index in [1.807, 2.05) is 18.2 Å². The summed E-state index contributed by atoms with van der Waals surface area (Å²) in [7, 11) is 0. The molecule has 0 aliphatic heterocycles. The molecule has 0 saturated carbocycles. The summed E-state index contributed by atoms with van der Waals surface area (Å²) in [6.45, 7) is 2.22. The van der Waals surface area contributed by atoms with Gasteiger partial charge in [-0.3, -0.25) is 0 Å². The summed E-state index contributed by atoms with van der Waals surface area (Å²) in [4.78, 5) is 7.79. The molecule has 4 heteroatoms. The van der Waals surface area contributed by atoms with Crippen LogP contribution >= 0.6 is 11.8 Å². The van der Waals surface area contributed by atoms with E-state index in [-0.39, 0.29) is 0 Å². The molecule has 86 valence electrons. The molecule has 0 amide bonds. The van der Waals surface area contributed by atoms with Crippen LogP contribution < -0.4 is 5.73 Å². The third-order valence-electron chi connectivity index (χ3n) is 2.47. The summed E-state index contributed by atoms with van der Waals surface area (Å²) in [5.74, 6) is 1.13. The summed E-state index contributed by atoms with van der Waals surface area (Å²) >= 11 is 1.78. The fourth-order valence-corrected chi connectivity index (χ4v) is 2.48. The molecule has 3 nitrogen and oxygen atoms in total. The highest BCUT2D eigenvalue weighted by Gasteiger charge is 2.02. The smallest absolute Gasteiger partial charge is 0.166 e. The minimum Gasteiger partial charge on any atom is -0.399 e. The number of nitrogens with two attached hydrogens (primary N) is 1. The molecule has 1 aromatic carbocycles. The predicted octanol–water partition coefficient (Wildman–Crippen LogP) is 3.43. The fraction of sp³-hybridized carbons (Fsp3) is 0.417. The first-order valence-electron chi connectivity index (χ1n) is 5.67. The SMILES string of the molecule is CCCCCSc1nc2ccc(N)cc2[nH]1. The van der Waals surface area contributed by atoms with Crippen molar-refractivity contribution in [2.75, 3.05) is 11.5 Å². The van der Waals surface area contributed by atoms with E-state index in [1.165, 1.54) is 19.3 Å². The zero-order chi connectivity index (χ0) is 11.4. The summed E-state index contributed by atoms with van der Waals surface area (Å²) in [5, 5.41) is 0.997. The average Bonchev–Trinajstić information content (AvgIpc) is 2.66. The van der Waals surface area contributed by atoms with Crippen molar-refractivity contribution in [3.8, 4) is 0 Å². The molecular weight excluding hydrogens is 218 g/mol. The van der Waals surface area contributed by atoms with Crippen molar-refractivity contribution in [2.45, 2.75) is 31.3 Å². The maximum Gasteiger partial charge on any atom is 0.166 e. The summed E-state index contributed by atoms with van der Waals surface area (Å²) in [5.41, 5.74) is 8.51. The number of thioether (sulfide) groups is 1. The number of imidazole rings is 1. The quantitative estimate of drug-likeness (QED) is 0.474. The Labute approximate surface area is 99.8 Å². The van der Waals surface area contributed by atoms with Crippen LogP contribution in [0.3, 0.4) is 0 Å². The van der Waals surface area contributed by atoms with Gasteiger partial charge in [-0.25, -0.2) is 4.98 Å². The van der Waals surface area contributed by atoms with E-state index in [0.717, 1.165) is 27.6 Å². The summed E-state index contributed by atoms with van der Waals surface area (Å²) in [6.07, 6.45) is 3.80. The van der Waals surface area contributed by atoms with Gasteiger partial charge in [-0.05, 0) is 24.6 Å². The van der Waals surface area contributed by atoms with Crippen LogP contribution in [0.15, 0.2) is 23.4 Å². The maximum absolute atomic E-state index is 5.72. The Bertz CT molecular complexity index is 464. The molecule has 2 aromatic rings. The number of H-pyrrole nitrogens is 1. The Hall–Kier alpha value is -1.16. The first-order valence-corrected chi connectivity index (χ1v) is 6.66. The minimum atomic E-state index is 0.777. The molecule has 2 rings (SSSR count). The van der Waals surface area contributed by atoms with Gasteiger partial charge in [0.2, 0.25) is 0 Å². The number of nitrogens with one attached hydrogen (secondary N) is 1. The Morgan fingerprint density at radius 3 is 3.06 bits per heavy atom. The van der Waals surface area contributed by atoms with Gasteiger partial charge in [0.05, 0.1) is 11.0 Å². The number of aromatic nitrogens is 2. The topological polar surface area (TPSA) is 54.7 Å². The standard InChI is InChI=1S/C12H17N3S/c1-2-3-4-7-16-12-14-10-6-5-9(13)8-11(10)15-12/h5-6,8H,2-4,7,13H2,1H3,(H,14,15). The summed E-state index contributed by atoms with van der Waals surface area (Å²) < 4.78 is 0. The molecule has 0 spiro atoms. The van der Waals surface area contributed by atoms with Gasteiger partial charge in [0.25, 0.3) is 0 Å². The molecule has 3 N–H and O–H groups in total. The van der Waals surface area contributed by atoms with E-state index in [9.17, 15) is 0 Å². The molecule has 0 aliphatic rings. The van der Waals surface area contributed by atoms with Gasteiger partial charge in [0.1, 0.15) is 0 Å². The van der Waals surface area contributed by atoms with E-state index in [2.05, 4.69) is 16.9 Å². The van der Waals surface area contributed by atoms with Crippen molar-refractivity contribution in [3.63, 3.8) is 0 Å². The Balaban J connectivity index is 2.02. The predicted molar refractivity (Wildman–Crippen MR) is 70.8 cm³/mol. The first kappa shape index (κ1) is 11.3. The largest absolute Gasteiger partial charge is 0.399 e. The minimum absolute atomic E-state index is 0.777. The molecule has 0 radical (unpaired) electrons. The molecule has 0 bridgehead atoms. The lowest BCUT2D eigenvalue weighted by Gasteiger charge is -1.95. The first-order chi connectivity index (χ1) is 7.79. The van der Waals surface area contributed by atoms with Gasteiger partial charge in [-0.15, -0.1) is 0 Å². The van der Waals surface area contributed by atoms with Gasteiger partial charge in [-0.1, -0.05) is 31.5 Å². The van der Waals surface area contributed by atoms with Crippen LogP contribution in [0.1, 0.15) is 26.2 Å². The number of fused-ring (bicyclic) bond motifs is 1. The number of unbranched alkanes of at least 4 members (excludes halogenated alkanes) is 2. The number of aromatic amines is 1. The number of hydrogen-bond donors (Lipinski definition) is 2. The molecule has 1 aromatic heterocycles. The van der Waals surface area contributed by atoms with E-state index >= 15 is 0 Å². The van der Waals surface area contributed by atoms with Crippen molar-refractivity contribution < 1.29 is 0 Å². The molecule has 0 aliphatic carbocycles. The second kappa shape index (κ2) is 5.25. The van der Waals surface area contributed by atoms with Crippen LogP contribution in [-0.2, 0) is 0 Å². The van der Waals surface area contributed by atoms with Crippen LogP contribution in [0, 0.1) is 0 Å². The van der Waals surface area contributed by atoms with Gasteiger partial charge < -0.3 is 10.7 Å². The highest BCUT2D eigenvalue weighted by atomic mass is 32.2.